The Kier molecular flexibility index (Phi) is 4.76. The molecule has 0 rings (SSSR count). The van der Waals surface area contributed by atoms with Gasteiger partial charge in [0.2, 0.25) is 12.1 Å². The van der Waals surface area contributed by atoms with Gasteiger partial charge >= 0.3 is 5.97 Å². The number of nitrogens with zero attached hydrogens (tertiary/aromatic N) is 1. The number of methoxy groups -OCH3 is 1. The number of rotatable bonds is 4. The second-order valence-corrected chi connectivity index (χ2v) is 2.23. The number of aliphatic hydroxyl groups is 1. The predicted molar refractivity (Wildman–Crippen MR) is 45.6 cm³/mol. The molecule has 0 saturated carbocycles. The first-order valence-corrected chi connectivity index (χ1v) is 3.77. The molecule has 74 valence electrons. The molecule has 0 aromatic rings. The summed E-state index contributed by atoms with van der Waals surface area (Å²) in [6.07, 6.45) is -0.532. The van der Waals surface area contributed by atoms with Gasteiger partial charge in [0, 0.05) is 6.54 Å². The molecule has 0 spiro atoms. The van der Waals surface area contributed by atoms with Gasteiger partial charge in [0.15, 0.2) is 0 Å². The number of hydrogen-bond donors (Lipinski definition) is 1. The zero-order valence-corrected chi connectivity index (χ0v) is 7.69. The number of hydrogen-bond acceptors (Lipinski definition) is 4. The van der Waals surface area contributed by atoms with E-state index in [1.165, 1.54) is 0 Å². The zero-order chi connectivity index (χ0) is 10.4. The third kappa shape index (κ3) is 2.87. The van der Waals surface area contributed by atoms with Crippen LogP contribution < -0.4 is 0 Å². The Morgan fingerprint density at radius 3 is 2.54 bits per heavy atom. The van der Waals surface area contributed by atoms with E-state index in [9.17, 15) is 14.7 Å². The highest BCUT2D eigenvalue weighted by Crippen LogP contribution is 1.99. The summed E-state index contributed by atoms with van der Waals surface area (Å²) >= 11 is 0. The van der Waals surface area contributed by atoms with E-state index in [0.717, 1.165) is 18.1 Å². The lowest BCUT2D eigenvalue weighted by Crippen LogP contribution is -2.44. The lowest BCUT2D eigenvalue weighted by Gasteiger charge is -2.22. The Balaban J connectivity index is 4.48. The summed E-state index contributed by atoms with van der Waals surface area (Å²) < 4.78 is 4.27. The minimum atomic E-state index is -1.56. The first-order chi connectivity index (χ1) is 6.08. The van der Waals surface area contributed by atoms with Gasteiger partial charge in [-0.3, -0.25) is 4.79 Å². The number of amides is 1. The van der Waals surface area contributed by atoms with Gasteiger partial charge in [0.05, 0.1) is 7.11 Å². The van der Waals surface area contributed by atoms with Crippen molar-refractivity contribution in [2.75, 3.05) is 13.7 Å². The number of likely N-dealkylation sites (N-methyl/N-ethyl adjacent to an activating group) is 1. The Hall–Kier alpha value is -1.36. The second-order valence-electron chi connectivity index (χ2n) is 2.23. The fourth-order valence-electron chi connectivity index (χ4n) is 0.799. The van der Waals surface area contributed by atoms with Crippen LogP contribution in [0, 0.1) is 0 Å². The molecule has 1 atom stereocenters. The number of ether oxygens (including phenoxy) is 1. The number of carbonyl (C=O) groups excluding carboxylic acids is 2. The highest BCUT2D eigenvalue weighted by molar-refractivity contribution is 5.90. The summed E-state index contributed by atoms with van der Waals surface area (Å²) in [4.78, 5) is 22.8. The molecule has 0 bridgehead atoms. The lowest BCUT2D eigenvalue weighted by molar-refractivity contribution is -0.166. The van der Waals surface area contributed by atoms with Gasteiger partial charge in [-0.2, -0.15) is 0 Å². The molecule has 0 saturated heterocycles. The molecule has 0 radical (unpaired) electrons. The Morgan fingerprint density at radius 2 is 2.23 bits per heavy atom. The minimum Gasteiger partial charge on any atom is -0.466 e. The van der Waals surface area contributed by atoms with Crippen molar-refractivity contribution in [2.45, 2.75) is 13.2 Å². The van der Waals surface area contributed by atoms with Crippen LogP contribution in [0.25, 0.3) is 0 Å². The summed E-state index contributed by atoms with van der Waals surface area (Å²) in [5, 5.41) is 9.26. The van der Waals surface area contributed by atoms with Crippen LogP contribution in [0.2, 0.25) is 0 Å². The molecule has 0 aliphatic rings. The van der Waals surface area contributed by atoms with Gasteiger partial charge in [-0.05, 0) is 13.0 Å². The van der Waals surface area contributed by atoms with Crippen molar-refractivity contribution in [3.05, 3.63) is 12.7 Å². The molecule has 0 aliphatic heterocycles. The van der Waals surface area contributed by atoms with Crippen LogP contribution in [0.4, 0.5) is 0 Å². The number of carbonyl (C=O) groups is 2. The highest BCUT2D eigenvalue weighted by atomic mass is 16.5. The van der Waals surface area contributed by atoms with E-state index >= 15 is 0 Å². The second kappa shape index (κ2) is 5.31. The number of esters is 1. The molecule has 0 aromatic carbocycles. The molecule has 1 unspecified atom stereocenters. The van der Waals surface area contributed by atoms with Crippen LogP contribution in [-0.2, 0) is 14.3 Å². The maximum absolute atomic E-state index is 11.0. The molecular formula is C8H13NO4. The van der Waals surface area contributed by atoms with Gasteiger partial charge in [0.25, 0.3) is 0 Å². The average molecular weight is 187 g/mol. The van der Waals surface area contributed by atoms with Gasteiger partial charge in [-0.15, -0.1) is 0 Å². The van der Waals surface area contributed by atoms with Crippen molar-refractivity contribution >= 4 is 11.9 Å². The average Bonchev–Trinajstić information content (AvgIpc) is 2.17. The maximum Gasteiger partial charge on any atom is 0.356 e. The van der Waals surface area contributed by atoms with Gasteiger partial charge < -0.3 is 14.7 Å². The summed E-state index contributed by atoms with van der Waals surface area (Å²) in [7, 11) is 1.14. The SMILES string of the molecule is C=CC(=O)N(CC)C(O)C(=O)OC. The molecular weight excluding hydrogens is 174 g/mol. The molecule has 0 heterocycles. The van der Waals surface area contributed by atoms with E-state index in [4.69, 9.17) is 0 Å². The van der Waals surface area contributed by atoms with Crippen molar-refractivity contribution in [3.8, 4) is 0 Å². The fourth-order valence-corrected chi connectivity index (χ4v) is 0.799. The van der Waals surface area contributed by atoms with E-state index in [-0.39, 0.29) is 6.54 Å². The molecule has 0 aliphatic carbocycles. The molecule has 0 fully saturated rings. The predicted octanol–water partition coefficient (Wildman–Crippen LogP) is -0.488. The van der Waals surface area contributed by atoms with Crippen molar-refractivity contribution in [1.82, 2.24) is 4.90 Å². The molecule has 1 amide bonds. The summed E-state index contributed by atoms with van der Waals surface area (Å²) in [5.41, 5.74) is 0. The van der Waals surface area contributed by atoms with E-state index in [1.807, 2.05) is 0 Å². The Labute approximate surface area is 76.6 Å². The van der Waals surface area contributed by atoms with Crippen LogP contribution in [0.15, 0.2) is 12.7 Å². The quantitative estimate of drug-likeness (QED) is 0.366. The molecule has 13 heavy (non-hydrogen) atoms. The first kappa shape index (κ1) is 11.6. The lowest BCUT2D eigenvalue weighted by atomic mass is 10.4. The van der Waals surface area contributed by atoms with Crippen molar-refractivity contribution in [3.63, 3.8) is 0 Å². The van der Waals surface area contributed by atoms with Crippen LogP contribution in [0.5, 0.6) is 0 Å². The van der Waals surface area contributed by atoms with Crippen molar-refractivity contribution in [2.24, 2.45) is 0 Å². The van der Waals surface area contributed by atoms with E-state index in [0.29, 0.717) is 0 Å². The monoisotopic (exact) mass is 187 g/mol. The fraction of sp³-hybridized carbons (Fsp3) is 0.500. The van der Waals surface area contributed by atoms with Crippen LogP contribution in [0.1, 0.15) is 6.92 Å². The Morgan fingerprint density at radius 1 is 1.69 bits per heavy atom. The van der Waals surface area contributed by atoms with Gasteiger partial charge in [0.1, 0.15) is 0 Å². The third-order valence-electron chi connectivity index (χ3n) is 1.51. The zero-order valence-electron chi connectivity index (χ0n) is 7.69. The molecule has 0 aromatic heterocycles. The Bertz CT molecular complexity index is 214. The van der Waals surface area contributed by atoms with Crippen LogP contribution in [0.3, 0.4) is 0 Å². The summed E-state index contributed by atoms with van der Waals surface area (Å²) in [6, 6.07) is 0. The maximum atomic E-state index is 11.0. The number of aliphatic hydroxyl groups excluding tert-OH is 1. The smallest absolute Gasteiger partial charge is 0.356 e. The van der Waals surface area contributed by atoms with Crippen molar-refractivity contribution in [1.29, 1.82) is 0 Å². The van der Waals surface area contributed by atoms with Crippen molar-refractivity contribution < 1.29 is 19.4 Å². The molecule has 5 heteroatoms. The van der Waals surface area contributed by atoms with E-state index in [1.54, 1.807) is 6.92 Å². The largest absolute Gasteiger partial charge is 0.466 e. The van der Waals surface area contributed by atoms with Crippen LogP contribution in [-0.4, -0.2) is 41.8 Å². The summed E-state index contributed by atoms with van der Waals surface area (Å²) in [5.74, 6) is -1.38. The normalized spacial score (nSPS) is 11.6. The van der Waals surface area contributed by atoms with Gasteiger partial charge in [-0.25, -0.2) is 4.79 Å². The topological polar surface area (TPSA) is 66.8 Å². The van der Waals surface area contributed by atoms with E-state index in [2.05, 4.69) is 11.3 Å². The molecule has 5 nitrogen and oxygen atoms in total. The van der Waals surface area contributed by atoms with Crippen LogP contribution >= 0.6 is 0 Å². The molecule has 1 N–H and O–H groups in total. The third-order valence-corrected chi connectivity index (χ3v) is 1.51. The van der Waals surface area contributed by atoms with E-state index < -0.39 is 18.1 Å². The summed E-state index contributed by atoms with van der Waals surface area (Å²) in [6.45, 7) is 5.08. The van der Waals surface area contributed by atoms with Gasteiger partial charge in [-0.1, -0.05) is 6.58 Å². The minimum absolute atomic E-state index is 0.209. The highest BCUT2D eigenvalue weighted by Gasteiger charge is 2.25. The first-order valence-electron chi connectivity index (χ1n) is 3.77. The standard InChI is InChI=1S/C8H13NO4/c1-4-6(10)9(5-2)7(11)8(12)13-3/h4,7,11H,1,5H2,2-3H3.